The van der Waals surface area contributed by atoms with Gasteiger partial charge in [-0.1, -0.05) is 12.1 Å². The minimum atomic E-state index is -4.48. The Kier molecular flexibility index (Phi) is 4.69. The van der Waals surface area contributed by atoms with Crippen LogP contribution in [0.2, 0.25) is 0 Å². The van der Waals surface area contributed by atoms with Gasteiger partial charge in [0.1, 0.15) is 11.4 Å². The molecule has 0 saturated heterocycles. The number of rotatable bonds is 5. The van der Waals surface area contributed by atoms with E-state index in [0.717, 1.165) is 6.07 Å². The van der Waals surface area contributed by atoms with Gasteiger partial charge in [-0.25, -0.2) is 4.79 Å². The first kappa shape index (κ1) is 15.9. The van der Waals surface area contributed by atoms with E-state index in [2.05, 4.69) is 5.10 Å². The number of carbonyl (C=O) groups is 1. The number of carbonyl (C=O) groups excluding carboxylic acids is 1. The van der Waals surface area contributed by atoms with Gasteiger partial charge in [-0.15, -0.1) is 0 Å². The average molecular weight is 314 g/mol. The van der Waals surface area contributed by atoms with E-state index in [9.17, 15) is 18.0 Å². The van der Waals surface area contributed by atoms with Gasteiger partial charge in [0.25, 0.3) is 0 Å². The second-order valence-electron chi connectivity index (χ2n) is 4.29. The molecule has 0 bridgehead atoms. The molecule has 1 heterocycles. The highest BCUT2D eigenvalue weighted by molar-refractivity contribution is 5.71. The van der Waals surface area contributed by atoms with Crippen LogP contribution in [0, 0.1) is 0 Å². The van der Waals surface area contributed by atoms with Crippen molar-refractivity contribution in [3.63, 3.8) is 0 Å². The minimum absolute atomic E-state index is 0.133. The van der Waals surface area contributed by atoms with Crippen LogP contribution >= 0.6 is 0 Å². The minimum Gasteiger partial charge on any atom is -0.482 e. The van der Waals surface area contributed by atoms with E-state index in [1.807, 2.05) is 5.10 Å². The van der Waals surface area contributed by atoms with E-state index in [1.165, 1.54) is 6.07 Å². The SMILES string of the molecule is CCOC(=O)COc1cccc(-c2cc(C(F)(F)F)[nH]n2)c1. The van der Waals surface area contributed by atoms with Crippen LogP contribution in [0.25, 0.3) is 11.3 Å². The molecular weight excluding hydrogens is 301 g/mol. The molecule has 22 heavy (non-hydrogen) atoms. The van der Waals surface area contributed by atoms with Crippen LogP contribution in [0.15, 0.2) is 30.3 Å². The van der Waals surface area contributed by atoms with Crippen molar-refractivity contribution in [3.05, 3.63) is 36.0 Å². The maximum atomic E-state index is 12.5. The van der Waals surface area contributed by atoms with E-state index in [-0.39, 0.29) is 18.9 Å². The molecule has 2 rings (SSSR count). The first-order valence-electron chi connectivity index (χ1n) is 6.41. The lowest BCUT2D eigenvalue weighted by atomic mass is 10.1. The van der Waals surface area contributed by atoms with Crippen LogP contribution in [-0.4, -0.2) is 29.4 Å². The molecule has 1 N–H and O–H groups in total. The van der Waals surface area contributed by atoms with Gasteiger partial charge in [0.15, 0.2) is 6.61 Å². The van der Waals surface area contributed by atoms with Gasteiger partial charge in [0.05, 0.1) is 12.3 Å². The van der Waals surface area contributed by atoms with Gasteiger partial charge in [-0.05, 0) is 25.1 Å². The Morgan fingerprint density at radius 2 is 2.09 bits per heavy atom. The number of H-pyrrole nitrogens is 1. The summed E-state index contributed by atoms with van der Waals surface area (Å²) in [6.45, 7) is 1.65. The lowest BCUT2D eigenvalue weighted by Crippen LogP contribution is -2.14. The van der Waals surface area contributed by atoms with Crippen molar-refractivity contribution in [2.45, 2.75) is 13.1 Å². The molecule has 0 fully saturated rings. The number of halogens is 3. The predicted octanol–water partition coefficient (Wildman–Crippen LogP) is 3.04. The summed E-state index contributed by atoms with van der Waals surface area (Å²) < 4.78 is 47.5. The maximum absolute atomic E-state index is 12.5. The summed E-state index contributed by atoms with van der Waals surface area (Å²) in [4.78, 5) is 11.2. The molecule has 0 amide bonds. The summed E-state index contributed by atoms with van der Waals surface area (Å²) in [5, 5.41) is 5.57. The first-order valence-corrected chi connectivity index (χ1v) is 6.41. The molecule has 0 saturated carbocycles. The van der Waals surface area contributed by atoms with E-state index < -0.39 is 17.8 Å². The van der Waals surface area contributed by atoms with Crippen LogP contribution < -0.4 is 4.74 Å². The summed E-state index contributed by atoms with van der Waals surface area (Å²) in [7, 11) is 0. The molecule has 5 nitrogen and oxygen atoms in total. The Bertz CT molecular complexity index is 653. The highest BCUT2D eigenvalue weighted by Gasteiger charge is 2.33. The topological polar surface area (TPSA) is 64.2 Å². The molecule has 1 aromatic carbocycles. The van der Waals surface area contributed by atoms with Crippen LogP contribution in [0.4, 0.5) is 13.2 Å². The molecular formula is C14H13F3N2O3. The van der Waals surface area contributed by atoms with Crippen molar-refractivity contribution in [1.82, 2.24) is 10.2 Å². The molecule has 1 aromatic heterocycles. The Morgan fingerprint density at radius 3 is 2.73 bits per heavy atom. The number of aromatic amines is 1. The van der Waals surface area contributed by atoms with Crippen molar-refractivity contribution in [2.24, 2.45) is 0 Å². The fraction of sp³-hybridized carbons (Fsp3) is 0.286. The van der Waals surface area contributed by atoms with Crippen molar-refractivity contribution in [1.29, 1.82) is 0 Å². The molecule has 0 spiro atoms. The summed E-state index contributed by atoms with van der Waals surface area (Å²) in [5.41, 5.74) is -0.359. The number of benzene rings is 1. The smallest absolute Gasteiger partial charge is 0.432 e. The van der Waals surface area contributed by atoms with Crippen LogP contribution in [0.5, 0.6) is 5.75 Å². The number of esters is 1. The molecule has 0 unspecified atom stereocenters. The summed E-state index contributed by atoms with van der Waals surface area (Å²) in [5.74, 6) is -0.186. The Hall–Kier alpha value is -2.51. The molecule has 8 heteroatoms. The van der Waals surface area contributed by atoms with E-state index in [0.29, 0.717) is 11.3 Å². The van der Waals surface area contributed by atoms with Gasteiger partial charge in [0.2, 0.25) is 0 Å². The Labute approximate surface area is 124 Å². The molecule has 0 atom stereocenters. The molecule has 118 valence electrons. The van der Waals surface area contributed by atoms with Gasteiger partial charge >= 0.3 is 12.1 Å². The van der Waals surface area contributed by atoms with Crippen LogP contribution in [0.1, 0.15) is 12.6 Å². The van der Waals surface area contributed by atoms with Crippen molar-refractivity contribution in [3.8, 4) is 17.0 Å². The van der Waals surface area contributed by atoms with E-state index in [4.69, 9.17) is 9.47 Å². The molecule has 0 radical (unpaired) electrons. The lowest BCUT2D eigenvalue weighted by Gasteiger charge is -2.06. The van der Waals surface area contributed by atoms with Crippen molar-refractivity contribution < 1.29 is 27.4 Å². The second-order valence-corrected chi connectivity index (χ2v) is 4.29. The van der Waals surface area contributed by atoms with Gasteiger partial charge in [-0.2, -0.15) is 18.3 Å². The average Bonchev–Trinajstić information content (AvgIpc) is 2.96. The fourth-order valence-corrected chi connectivity index (χ4v) is 1.70. The van der Waals surface area contributed by atoms with Gasteiger partial charge in [0, 0.05) is 5.56 Å². The fourth-order valence-electron chi connectivity index (χ4n) is 1.70. The molecule has 0 aliphatic rings. The summed E-state index contributed by atoms with van der Waals surface area (Å²) in [6, 6.07) is 7.17. The van der Waals surface area contributed by atoms with Gasteiger partial charge in [-0.3, -0.25) is 5.10 Å². The zero-order valence-corrected chi connectivity index (χ0v) is 11.6. The van der Waals surface area contributed by atoms with Crippen molar-refractivity contribution >= 4 is 5.97 Å². The van der Waals surface area contributed by atoms with E-state index >= 15 is 0 Å². The van der Waals surface area contributed by atoms with Crippen LogP contribution in [0.3, 0.4) is 0 Å². The molecule has 0 aliphatic heterocycles. The number of aromatic nitrogens is 2. The largest absolute Gasteiger partial charge is 0.482 e. The third kappa shape index (κ3) is 4.00. The summed E-state index contributed by atoms with van der Waals surface area (Å²) >= 11 is 0. The third-order valence-corrected chi connectivity index (χ3v) is 2.68. The standard InChI is InChI=1S/C14H13F3N2O3/c1-2-21-13(20)8-22-10-5-3-4-9(6-10)11-7-12(19-18-11)14(15,16)17/h3-7H,2,8H2,1H3,(H,18,19). The zero-order chi connectivity index (χ0) is 16.2. The van der Waals surface area contributed by atoms with Gasteiger partial charge < -0.3 is 9.47 Å². The summed E-state index contributed by atoms with van der Waals surface area (Å²) in [6.07, 6.45) is -4.48. The maximum Gasteiger partial charge on any atom is 0.432 e. The molecule has 2 aromatic rings. The first-order chi connectivity index (χ1) is 10.4. The van der Waals surface area contributed by atoms with E-state index in [1.54, 1.807) is 25.1 Å². The number of ether oxygens (including phenoxy) is 2. The highest BCUT2D eigenvalue weighted by atomic mass is 19.4. The number of hydrogen-bond acceptors (Lipinski definition) is 4. The number of alkyl halides is 3. The number of hydrogen-bond donors (Lipinski definition) is 1. The second kappa shape index (κ2) is 6.50. The Balaban J connectivity index is 2.11. The number of nitrogens with zero attached hydrogens (tertiary/aromatic N) is 1. The Morgan fingerprint density at radius 1 is 1.32 bits per heavy atom. The quantitative estimate of drug-likeness (QED) is 0.862. The highest BCUT2D eigenvalue weighted by Crippen LogP contribution is 2.31. The van der Waals surface area contributed by atoms with Crippen molar-refractivity contribution in [2.75, 3.05) is 13.2 Å². The monoisotopic (exact) mass is 314 g/mol. The molecule has 0 aliphatic carbocycles. The number of nitrogens with one attached hydrogen (secondary N) is 1. The normalized spacial score (nSPS) is 11.3. The lowest BCUT2D eigenvalue weighted by molar-refractivity contribution is -0.145. The predicted molar refractivity (Wildman–Crippen MR) is 71.2 cm³/mol. The van der Waals surface area contributed by atoms with Crippen LogP contribution in [-0.2, 0) is 15.7 Å². The zero-order valence-electron chi connectivity index (χ0n) is 11.6. The third-order valence-electron chi connectivity index (χ3n) is 2.68.